The summed E-state index contributed by atoms with van der Waals surface area (Å²) in [6.45, 7) is 2.19. The highest BCUT2D eigenvalue weighted by Crippen LogP contribution is 2.31. The van der Waals surface area contributed by atoms with Crippen molar-refractivity contribution in [2.45, 2.75) is 19.4 Å². The quantitative estimate of drug-likeness (QED) is 0.866. The minimum atomic E-state index is -0.507. The van der Waals surface area contributed by atoms with Gasteiger partial charge in [-0.3, -0.25) is 14.5 Å². The van der Waals surface area contributed by atoms with E-state index in [1.54, 1.807) is 19.1 Å². The van der Waals surface area contributed by atoms with Crippen LogP contribution in [0.2, 0.25) is 5.02 Å². The van der Waals surface area contributed by atoms with Crippen LogP contribution >= 0.6 is 27.5 Å². The van der Waals surface area contributed by atoms with Gasteiger partial charge in [-0.2, -0.15) is 0 Å². The third-order valence-corrected chi connectivity index (χ3v) is 4.24. The van der Waals surface area contributed by atoms with Crippen LogP contribution in [-0.2, 0) is 9.59 Å². The lowest BCUT2D eigenvalue weighted by molar-refractivity contribution is -0.138. The molecule has 1 fully saturated rings. The molecule has 1 heterocycles. The van der Waals surface area contributed by atoms with E-state index in [0.717, 1.165) is 0 Å². The Morgan fingerprint density at radius 3 is 2.83 bits per heavy atom. The first-order valence-electron chi connectivity index (χ1n) is 5.59. The van der Waals surface area contributed by atoms with Gasteiger partial charge in [0.2, 0.25) is 5.91 Å². The van der Waals surface area contributed by atoms with Gasteiger partial charge >= 0.3 is 0 Å². The van der Waals surface area contributed by atoms with Gasteiger partial charge in [0, 0.05) is 6.54 Å². The normalized spacial score (nSPS) is 19.5. The molecular formula is C12H12BrClN2O2. The van der Waals surface area contributed by atoms with Crippen molar-refractivity contribution >= 4 is 45.0 Å². The van der Waals surface area contributed by atoms with Crippen molar-refractivity contribution in [3.05, 3.63) is 27.7 Å². The van der Waals surface area contributed by atoms with E-state index in [4.69, 9.17) is 11.6 Å². The Hall–Kier alpha value is -1.07. The molecule has 2 rings (SSSR count). The van der Waals surface area contributed by atoms with Gasteiger partial charge in [-0.25, -0.2) is 0 Å². The molecule has 0 aromatic heterocycles. The lowest BCUT2D eigenvalue weighted by Gasteiger charge is -2.15. The Kier molecular flexibility index (Phi) is 3.92. The smallest absolute Gasteiger partial charge is 0.252 e. The molecule has 1 aliphatic rings. The minimum Gasteiger partial charge on any atom is -0.372 e. The van der Waals surface area contributed by atoms with Gasteiger partial charge in [0.15, 0.2) is 0 Å². The van der Waals surface area contributed by atoms with Crippen LogP contribution in [0.1, 0.15) is 13.3 Å². The molecule has 1 aromatic carbocycles. The SMILES string of the molecule is CCN1C(=O)CC(Nc2cccc(Cl)c2Br)C1=O. The van der Waals surface area contributed by atoms with Crippen molar-refractivity contribution in [1.82, 2.24) is 4.90 Å². The molecule has 2 amide bonds. The lowest BCUT2D eigenvalue weighted by atomic mass is 10.2. The maximum atomic E-state index is 11.9. The summed E-state index contributed by atoms with van der Waals surface area (Å²) in [6, 6.07) is 4.83. The third-order valence-electron chi connectivity index (χ3n) is 2.84. The number of carbonyl (C=O) groups excluding carboxylic acids is 2. The van der Waals surface area contributed by atoms with Crippen LogP contribution in [0.15, 0.2) is 22.7 Å². The van der Waals surface area contributed by atoms with Crippen LogP contribution in [-0.4, -0.2) is 29.3 Å². The molecule has 1 aliphatic heterocycles. The van der Waals surface area contributed by atoms with Crippen molar-refractivity contribution in [3.63, 3.8) is 0 Å². The van der Waals surface area contributed by atoms with E-state index >= 15 is 0 Å². The second-order valence-corrected chi connectivity index (χ2v) is 5.18. The highest BCUT2D eigenvalue weighted by molar-refractivity contribution is 9.10. The van der Waals surface area contributed by atoms with E-state index in [2.05, 4.69) is 21.2 Å². The Morgan fingerprint density at radius 1 is 1.50 bits per heavy atom. The second-order valence-electron chi connectivity index (χ2n) is 3.98. The summed E-state index contributed by atoms with van der Waals surface area (Å²) in [6.07, 6.45) is 0.186. The van der Waals surface area contributed by atoms with Crippen LogP contribution in [0.5, 0.6) is 0 Å². The third kappa shape index (κ3) is 2.37. The number of likely N-dealkylation sites (N-methyl/N-ethyl adjacent to an activating group) is 1. The number of imide groups is 1. The summed E-state index contributed by atoms with van der Waals surface area (Å²) in [5.74, 6) is -0.326. The van der Waals surface area contributed by atoms with E-state index < -0.39 is 6.04 Å². The summed E-state index contributed by atoms with van der Waals surface area (Å²) in [4.78, 5) is 24.8. The highest BCUT2D eigenvalue weighted by atomic mass is 79.9. The standard InChI is InChI=1S/C12H12BrClN2O2/c1-2-16-10(17)6-9(12(16)18)15-8-5-3-4-7(14)11(8)13/h3-5,9,15H,2,6H2,1H3. The van der Waals surface area contributed by atoms with E-state index in [0.29, 0.717) is 21.7 Å². The van der Waals surface area contributed by atoms with Crippen LogP contribution in [0.4, 0.5) is 5.69 Å². The molecule has 0 aliphatic carbocycles. The molecule has 18 heavy (non-hydrogen) atoms. The number of amides is 2. The number of likely N-dealkylation sites (tertiary alicyclic amines) is 1. The highest BCUT2D eigenvalue weighted by Gasteiger charge is 2.37. The molecule has 0 radical (unpaired) electrons. The van der Waals surface area contributed by atoms with Crippen molar-refractivity contribution in [2.24, 2.45) is 0 Å². The zero-order valence-electron chi connectivity index (χ0n) is 9.74. The van der Waals surface area contributed by atoms with E-state index in [1.165, 1.54) is 4.90 Å². The number of halogens is 2. The zero-order valence-corrected chi connectivity index (χ0v) is 12.1. The molecular weight excluding hydrogens is 320 g/mol. The summed E-state index contributed by atoms with van der Waals surface area (Å²) in [7, 11) is 0. The Bertz CT molecular complexity index is 507. The monoisotopic (exact) mass is 330 g/mol. The van der Waals surface area contributed by atoms with E-state index in [1.807, 2.05) is 6.07 Å². The van der Waals surface area contributed by atoms with Gasteiger partial charge < -0.3 is 5.32 Å². The summed E-state index contributed by atoms with van der Waals surface area (Å²) in [5.41, 5.74) is 0.714. The first-order valence-corrected chi connectivity index (χ1v) is 6.76. The van der Waals surface area contributed by atoms with Crippen LogP contribution < -0.4 is 5.32 Å². The fourth-order valence-electron chi connectivity index (χ4n) is 1.93. The molecule has 4 nitrogen and oxygen atoms in total. The number of hydrogen-bond acceptors (Lipinski definition) is 3. The number of hydrogen-bond donors (Lipinski definition) is 1. The molecule has 1 aromatic rings. The van der Waals surface area contributed by atoms with Crippen molar-refractivity contribution < 1.29 is 9.59 Å². The number of rotatable bonds is 3. The molecule has 1 unspecified atom stereocenters. The Balaban J connectivity index is 2.18. The number of benzene rings is 1. The first kappa shape index (κ1) is 13.4. The predicted octanol–water partition coefficient (Wildman–Crippen LogP) is 2.66. The predicted molar refractivity (Wildman–Crippen MR) is 73.6 cm³/mol. The summed E-state index contributed by atoms with van der Waals surface area (Å²) in [5, 5.41) is 3.61. The Morgan fingerprint density at radius 2 is 2.22 bits per heavy atom. The van der Waals surface area contributed by atoms with Crippen LogP contribution in [0.3, 0.4) is 0 Å². The topological polar surface area (TPSA) is 49.4 Å². The summed E-state index contributed by atoms with van der Waals surface area (Å²) < 4.78 is 0.696. The second kappa shape index (κ2) is 5.28. The van der Waals surface area contributed by atoms with Crippen molar-refractivity contribution in [1.29, 1.82) is 0 Å². The van der Waals surface area contributed by atoms with Gasteiger partial charge in [0.25, 0.3) is 5.91 Å². The van der Waals surface area contributed by atoms with Gasteiger partial charge in [0.05, 0.1) is 21.6 Å². The van der Waals surface area contributed by atoms with E-state index in [9.17, 15) is 9.59 Å². The maximum absolute atomic E-state index is 11.9. The van der Waals surface area contributed by atoms with Gasteiger partial charge in [-0.1, -0.05) is 17.7 Å². The molecule has 0 spiro atoms. The first-order chi connectivity index (χ1) is 8.54. The molecule has 0 bridgehead atoms. The average molecular weight is 332 g/mol. The summed E-state index contributed by atoms with van der Waals surface area (Å²) >= 11 is 9.32. The fourth-order valence-corrected chi connectivity index (χ4v) is 2.48. The number of anilines is 1. The van der Waals surface area contributed by atoms with Gasteiger partial charge in [-0.15, -0.1) is 0 Å². The number of nitrogens with zero attached hydrogens (tertiary/aromatic N) is 1. The molecule has 0 saturated carbocycles. The number of carbonyl (C=O) groups is 2. The lowest BCUT2D eigenvalue weighted by Crippen LogP contribution is -2.34. The molecule has 1 saturated heterocycles. The fraction of sp³-hybridized carbons (Fsp3) is 0.333. The van der Waals surface area contributed by atoms with Gasteiger partial charge in [0.1, 0.15) is 6.04 Å². The van der Waals surface area contributed by atoms with Gasteiger partial charge in [-0.05, 0) is 35.0 Å². The Labute approximate surface area is 118 Å². The zero-order chi connectivity index (χ0) is 13.3. The molecule has 6 heteroatoms. The maximum Gasteiger partial charge on any atom is 0.252 e. The average Bonchev–Trinajstić information content (AvgIpc) is 2.60. The van der Waals surface area contributed by atoms with Crippen molar-refractivity contribution in [3.8, 4) is 0 Å². The molecule has 1 N–H and O–H groups in total. The molecule has 96 valence electrons. The van der Waals surface area contributed by atoms with Crippen molar-refractivity contribution in [2.75, 3.05) is 11.9 Å². The largest absolute Gasteiger partial charge is 0.372 e. The van der Waals surface area contributed by atoms with Crippen LogP contribution in [0.25, 0.3) is 0 Å². The van der Waals surface area contributed by atoms with Crippen LogP contribution in [0, 0.1) is 0 Å². The minimum absolute atomic E-state index is 0.141. The van der Waals surface area contributed by atoms with E-state index in [-0.39, 0.29) is 18.2 Å². The number of nitrogens with one attached hydrogen (secondary N) is 1. The molecule has 1 atom stereocenters.